The van der Waals surface area contributed by atoms with Gasteiger partial charge in [0.1, 0.15) is 4.90 Å². The van der Waals surface area contributed by atoms with Crippen LogP contribution in [0.4, 0.5) is 0 Å². The summed E-state index contributed by atoms with van der Waals surface area (Å²) in [6, 6.07) is 11.6. The van der Waals surface area contributed by atoms with Gasteiger partial charge >= 0.3 is 0 Å². The fraction of sp³-hybridized carbons (Fsp3) is 0.278. The molecule has 1 aromatic heterocycles. The first kappa shape index (κ1) is 20.3. The standard InChI is InChI=1S/C18H20N4O4S2/c23-16(20-21-18(24)14-6-2-1-3-7-14)13-27-17-9-8-15(12-19-17)28(25,26)22-10-4-5-11-22/h1-3,6-9,12H,4-5,10-11,13H2,(H,20,23)(H,21,24). The molecule has 0 saturated carbocycles. The van der Waals surface area contributed by atoms with Crippen LogP contribution in [0.3, 0.4) is 0 Å². The highest BCUT2D eigenvalue weighted by Gasteiger charge is 2.27. The van der Waals surface area contributed by atoms with Crippen molar-refractivity contribution in [1.82, 2.24) is 20.1 Å². The Morgan fingerprint density at radius 1 is 1.04 bits per heavy atom. The summed E-state index contributed by atoms with van der Waals surface area (Å²) in [4.78, 5) is 28.0. The number of carbonyl (C=O) groups is 2. The molecule has 1 saturated heterocycles. The van der Waals surface area contributed by atoms with E-state index in [1.54, 1.807) is 36.4 Å². The second-order valence-corrected chi connectivity index (χ2v) is 9.03. The van der Waals surface area contributed by atoms with Gasteiger partial charge in [-0.25, -0.2) is 13.4 Å². The molecular weight excluding hydrogens is 400 g/mol. The Balaban J connectivity index is 1.48. The van der Waals surface area contributed by atoms with Crippen LogP contribution in [0.1, 0.15) is 23.2 Å². The van der Waals surface area contributed by atoms with Gasteiger partial charge in [0.05, 0.1) is 10.8 Å². The van der Waals surface area contributed by atoms with Crippen molar-refractivity contribution in [3.63, 3.8) is 0 Å². The molecule has 1 aromatic carbocycles. The van der Waals surface area contributed by atoms with Crippen molar-refractivity contribution in [2.75, 3.05) is 18.8 Å². The van der Waals surface area contributed by atoms with Crippen LogP contribution in [0, 0.1) is 0 Å². The molecular formula is C18H20N4O4S2. The van der Waals surface area contributed by atoms with Crippen LogP contribution < -0.4 is 10.9 Å². The molecule has 1 fully saturated rings. The molecule has 0 spiro atoms. The monoisotopic (exact) mass is 420 g/mol. The first-order chi connectivity index (χ1) is 13.5. The molecule has 8 nitrogen and oxygen atoms in total. The van der Waals surface area contributed by atoms with E-state index in [0.29, 0.717) is 23.7 Å². The molecule has 10 heteroatoms. The highest BCUT2D eigenvalue weighted by Crippen LogP contribution is 2.22. The average molecular weight is 421 g/mol. The summed E-state index contributed by atoms with van der Waals surface area (Å²) in [5.74, 6) is -0.779. The highest BCUT2D eigenvalue weighted by molar-refractivity contribution is 7.99. The minimum absolute atomic E-state index is 0.0281. The van der Waals surface area contributed by atoms with Crippen LogP contribution in [0.2, 0.25) is 0 Å². The van der Waals surface area contributed by atoms with Crippen molar-refractivity contribution in [3.05, 3.63) is 54.2 Å². The predicted octanol–water partition coefficient (Wildman–Crippen LogP) is 1.42. The molecule has 28 heavy (non-hydrogen) atoms. The van der Waals surface area contributed by atoms with Gasteiger partial charge in [-0.1, -0.05) is 30.0 Å². The zero-order valence-electron chi connectivity index (χ0n) is 15.0. The van der Waals surface area contributed by atoms with Gasteiger partial charge in [0.25, 0.3) is 5.91 Å². The number of sulfonamides is 1. The number of nitrogens with one attached hydrogen (secondary N) is 2. The highest BCUT2D eigenvalue weighted by atomic mass is 32.2. The summed E-state index contributed by atoms with van der Waals surface area (Å²) in [5, 5.41) is 0.518. The van der Waals surface area contributed by atoms with Gasteiger partial charge in [0.15, 0.2) is 0 Å². The SMILES string of the molecule is O=C(CSc1ccc(S(=O)(=O)N2CCCC2)cn1)NNC(=O)c1ccccc1. The maximum atomic E-state index is 12.5. The number of benzene rings is 1. The molecule has 0 unspecified atom stereocenters. The van der Waals surface area contributed by atoms with E-state index in [1.807, 2.05) is 0 Å². The fourth-order valence-corrected chi connectivity index (χ4v) is 4.75. The molecule has 0 radical (unpaired) electrons. The van der Waals surface area contributed by atoms with Gasteiger partial charge < -0.3 is 0 Å². The zero-order chi connectivity index (χ0) is 20.0. The van der Waals surface area contributed by atoms with E-state index in [9.17, 15) is 18.0 Å². The van der Waals surface area contributed by atoms with E-state index in [1.165, 1.54) is 16.6 Å². The molecule has 148 valence electrons. The molecule has 2 aromatic rings. The summed E-state index contributed by atoms with van der Waals surface area (Å²) < 4.78 is 26.4. The number of rotatable bonds is 6. The minimum Gasteiger partial charge on any atom is -0.272 e. The van der Waals surface area contributed by atoms with Gasteiger partial charge in [0, 0.05) is 24.8 Å². The molecule has 2 heterocycles. The van der Waals surface area contributed by atoms with E-state index in [2.05, 4.69) is 15.8 Å². The maximum Gasteiger partial charge on any atom is 0.269 e. The van der Waals surface area contributed by atoms with Crippen molar-refractivity contribution in [3.8, 4) is 0 Å². The topological polar surface area (TPSA) is 108 Å². The number of pyridine rings is 1. The van der Waals surface area contributed by atoms with Gasteiger partial charge in [-0.2, -0.15) is 4.31 Å². The molecule has 1 aliphatic heterocycles. The van der Waals surface area contributed by atoms with Crippen molar-refractivity contribution < 1.29 is 18.0 Å². The number of hydrogen-bond acceptors (Lipinski definition) is 6. The number of carbonyl (C=O) groups excluding carboxylic acids is 2. The Bertz CT molecular complexity index is 928. The smallest absolute Gasteiger partial charge is 0.269 e. The molecule has 0 aliphatic carbocycles. The quantitative estimate of drug-likeness (QED) is 0.540. The van der Waals surface area contributed by atoms with E-state index in [0.717, 1.165) is 24.6 Å². The van der Waals surface area contributed by atoms with E-state index in [-0.39, 0.29) is 10.6 Å². The molecule has 0 atom stereocenters. The summed E-state index contributed by atoms with van der Waals surface area (Å²) in [5.41, 5.74) is 5.11. The first-order valence-corrected chi connectivity index (χ1v) is 11.1. The molecule has 2 N–H and O–H groups in total. The van der Waals surface area contributed by atoms with Crippen molar-refractivity contribution in [2.45, 2.75) is 22.8 Å². The number of hydrazine groups is 1. The average Bonchev–Trinajstić information content (AvgIpc) is 3.27. The minimum atomic E-state index is -3.50. The first-order valence-electron chi connectivity index (χ1n) is 8.70. The Morgan fingerprint density at radius 2 is 1.75 bits per heavy atom. The largest absolute Gasteiger partial charge is 0.272 e. The maximum absolute atomic E-state index is 12.5. The van der Waals surface area contributed by atoms with E-state index < -0.39 is 21.8 Å². The van der Waals surface area contributed by atoms with Gasteiger partial charge in [-0.15, -0.1) is 0 Å². The lowest BCUT2D eigenvalue weighted by atomic mass is 10.2. The number of aromatic nitrogens is 1. The third-order valence-corrected chi connectivity index (χ3v) is 6.94. The number of thioether (sulfide) groups is 1. The molecule has 1 aliphatic rings. The Hall–Kier alpha value is -2.43. The Morgan fingerprint density at radius 3 is 2.39 bits per heavy atom. The van der Waals surface area contributed by atoms with Crippen LogP contribution in [0.25, 0.3) is 0 Å². The van der Waals surface area contributed by atoms with Crippen LogP contribution in [-0.4, -0.2) is 48.4 Å². The number of nitrogens with zero attached hydrogens (tertiary/aromatic N) is 2. The second kappa shape index (κ2) is 9.18. The van der Waals surface area contributed by atoms with E-state index >= 15 is 0 Å². The Labute approximate surface area is 167 Å². The van der Waals surface area contributed by atoms with E-state index in [4.69, 9.17) is 0 Å². The van der Waals surface area contributed by atoms with Crippen molar-refractivity contribution in [2.24, 2.45) is 0 Å². The molecule has 2 amide bonds. The lowest BCUT2D eigenvalue weighted by Crippen LogP contribution is -2.42. The third kappa shape index (κ3) is 5.09. The summed E-state index contributed by atoms with van der Waals surface area (Å²) in [7, 11) is -3.50. The van der Waals surface area contributed by atoms with Crippen molar-refractivity contribution >= 4 is 33.6 Å². The van der Waals surface area contributed by atoms with Crippen LogP contribution >= 0.6 is 11.8 Å². The molecule has 0 bridgehead atoms. The van der Waals surface area contributed by atoms with Crippen LogP contribution in [0.15, 0.2) is 58.6 Å². The Kier molecular flexibility index (Phi) is 6.65. The number of hydrogen-bond donors (Lipinski definition) is 2. The summed E-state index contributed by atoms with van der Waals surface area (Å²) in [6.45, 7) is 1.07. The van der Waals surface area contributed by atoms with Gasteiger partial charge in [-0.3, -0.25) is 20.4 Å². The summed E-state index contributed by atoms with van der Waals surface area (Å²) in [6.07, 6.45) is 3.05. The number of amides is 2. The van der Waals surface area contributed by atoms with Crippen molar-refractivity contribution in [1.29, 1.82) is 0 Å². The second-order valence-electron chi connectivity index (χ2n) is 6.10. The predicted molar refractivity (Wildman–Crippen MR) is 105 cm³/mol. The van der Waals surface area contributed by atoms with Gasteiger partial charge in [0.2, 0.25) is 15.9 Å². The van der Waals surface area contributed by atoms with Gasteiger partial charge in [-0.05, 0) is 37.1 Å². The normalized spacial score (nSPS) is 14.6. The lowest BCUT2D eigenvalue weighted by Gasteiger charge is -2.15. The summed E-state index contributed by atoms with van der Waals surface area (Å²) >= 11 is 1.14. The van der Waals surface area contributed by atoms with Crippen LogP contribution in [0.5, 0.6) is 0 Å². The third-order valence-electron chi connectivity index (χ3n) is 4.11. The molecule has 3 rings (SSSR count). The van der Waals surface area contributed by atoms with Crippen LogP contribution in [-0.2, 0) is 14.8 Å². The lowest BCUT2D eigenvalue weighted by molar-refractivity contribution is -0.119. The fourth-order valence-electron chi connectivity index (χ4n) is 2.65. The zero-order valence-corrected chi connectivity index (χ0v) is 16.6.